The molecule has 1 aromatic heterocycles. The summed E-state index contributed by atoms with van der Waals surface area (Å²) in [6, 6.07) is 7.33. The minimum Gasteiger partial charge on any atom is -0.394 e. The van der Waals surface area contributed by atoms with Gasteiger partial charge in [0.15, 0.2) is 0 Å². The molecule has 0 saturated carbocycles. The van der Waals surface area contributed by atoms with Crippen molar-refractivity contribution in [2.45, 2.75) is 12.2 Å². The van der Waals surface area contributed by atoms with Crippen molar-refractivity contribution in [1.82, 2.24) is 15.3 Å². The molecule has 0 fully saturated rings. The number of imidazole rings is 1. The average Bonchev–Trinajstić information content (AvgIpc) is 3.13. The molecule has 3 aromatic rings. The quantitative estimate of drug-likeness (QED) is 0.535. The second-order valence-electron chi connectivity index (χ2n) is 5.91. The molecule has 0 radical (unpaired) electrons. The lowest BCUT2D eigenvalue weighted by Crippen LogP contribution is -2.46. The summed E-state index contributed by atoms with van der Waals surface area (Å²) >= 11 is 0. The van der Waals surface area contributed by atoms with Crippen molar-refractivity contribution in [2.75, 3.05) is 11.9 Å². The first-order chi connectivity index (χ1) is 13.3. The molecule has 0 aliphatic carbocycles. The number of nitrogens with zero attached hydrogens (tertiary/aromatic N) is 1. The summed E-state index contributed by atoms with van der Waals surface area (Å²) in [4.78, 5) is 31.5. The van der Waals surface area contributed by atoms with Crippen LogP contribution in [0.15, 0.2) is 48.8 Å². The maximum Gasteiger partial charge on any atom is 0.416 e. The molecule has 1 unspecified atom stereocenters. The molecular formula is C18H15F3N4O3. The number of aromatic nitrogens is 2. The fourth-order valence-corrected chi connectivity index (χ4v) is 2.52. The van der Waals surface area contributed by atoms with Crippen molar-refractivity contribution in [3.8, 4) is 0 Å². The third-order valence-corrected chi connectivity index (χ3v) is 3.94. The molecular weight excluding hydrogens is 377 g/mol. The molecule has 1 atom stereocenters. The van der Waals surface area contributed by atoms with Crippen LogP contribution in [0.4, 0.5) is 18.9 Å². The highest BCUT2D eigenvalue weighted by atomic mass is 19.4. The molecule has 10 heteroatoms. The number of H-pyrrole nitrogens is 1. The summed E-state index contributed by atoms with van der Waals surface area (Å²) in [5, 5.41) is 14.0. The minimum absolute atomic E-state index is 0.105. The number of fused-ring (bicyclic) bond motifs is 1. The van der Waals surface area contributed by atoms with E-state index in [1.807, 2.05) is 0 Å². The number of aromatic amines is 1. The first kappa shape index (κ1) is 19.4. The van der Waals surface area contributed by atoms with Crippen molar-refractivity contribution in [2.24, 2.45) is 0 Å². The number of carbonyl (C=O) groups excluding carboxylic acids is 2. The van der Waals surface area contributed by atoms with Crippen LogP contribution in [0.5, 0.6) is 0 Å². The molecule has 0 aliphatic rings. The summed E-state index contributed by atoms with van der Waals surface area (Å²) in [6.45, 7) is -0.733. The van der Waals surface area contributed by atoms with E-state index in [1.165, 1.54) is 24.5 Å². The van der Waals surface area contributed by atoms with Gasteiger partial charge in [-0.2, -0.15) is 13.2 Å². The summed E-state index contributed by atoms with van der Waals surface area (Å²) in [5.74, 6) is -1.48. The Bertz CT molecular complexity index is 1020. The monoisotopic (exact) mass is 392 g/mol. The number of amides is 2. The van der Waals surface area contributed by atoms with Crippen LogP contribution in [0.25, 0.3) is 11.0 Å². The number of hydrogen-bond donors (Lipinski definition) is 4. The Balaban J connectivity index is 1.70. The lowest BCUT2D eigenvalue weighted by Gasteiger charge is -2.17. The van der Waals surface area contributed by atoms with Crippen molar-refractivity contribution in [1.29, 1.82) is 0 Å². The van der Waals surface area contributed by atoms with Crippen LogP contribution in [-0.4, -0.2) is 39.5 Å². The largest absolute Gasteiger partial charge is 0.416 e. The van der Waals surface area contributed by atoms with E-state index >= 15 is 0 Å². The van der Waals surface area contributed by atoms with E-state index < -0.39 is 36.2 Å². The average molecular weight is 392 g/mol. The van der Waals surface area contributed by atoms with Gasteiger partial charge in [0, 0.05) is 11.3 Å². The Morgan fingerprint density at radius 3 is 2.68 bits per heavy atom. The molecule has 2 amide bonds. The van der Waals surface area contributed by atoms with Crippen LogP contribution in [0.2, 0.25) is 0 Å². The first-order valence-electron chi connectivity index (χ1n) is 8.11. The molecule has 3 rings (SSSR count). The fraction of sp³-hybridized carbons (Fsp3) is 0.167. The molecule has 2 aromatic carbocycles. The van der Waals surface area contributed by atoms with Crippen LogP contribution in [0, 0.1) is 0 Å². The molecule has 0 aliphatic heterocycles. The van der Waals surface area contributed by atoms with Gasteiger partial charge in [0.05, 0.1) is 29.5 Å². The van der Waals surface area contributed by atoms with E-state index in [9.17, 15) is 27.9 Å². The van der Waals surface area contributed by atoms with Gasteiger partial charge >= 0.3 is 6.18 Å². The van der Waals surface area contributed by atoms with Crippen molar-refractivity contribution in [3.63, 3.8) is 0 Å². The van der Waals surface area contributed by atoms with Crippen molar-refractivity contribution in [3.05, 3.63) is 59.9 Å². The molecule has 28 heavy (non-hydrogen) atoms. The molecule has 146 valence electrons. The highest BCUT2D eigenvalue weighted by molar-refractivity contribution is 6.02. The number of alkyl halides is 3. The van der Waals surface area contributed by atoms with Crippen LogP contribution >= 0.6 is 0 Å². The number of halogens is 3. The Labute approximate surface area is 156 Å². The molecule has 0 saturated heterocycles. The smallest absolute Gasteiger partial charge is 0.394 e. The van der Waals surface area contributed by atoms with Gasteiger partial charge in [0.25, 0.3) is 5.91 Å². The summed E-state index contributed by atoms with van der Waals surface area (Å²) in [5.41, 5.74) is 0.454. The maximum absolute atomic E-state index is 12.8. The lowest BCUT2D eigenvalue weighted by molar-refractivity contribution is -0.137. The highest BCUT2D eigenvalue weighted by Gasteiger charge is 2.30. The van der Waals surface area contributed by atoms with Gasteiger partial charge in [-0.1, -0.05) is 6.07 Å². The van der Waals surface area contributed by atoms with Crippen LogP contribution < -0.4 is 10.6 Å². The van der Waals surface area contributed by atoms with E-state index in [0.717, 1.165) is 18.2 Å². The third-order valence-electron chi connectivity index (χ3n) is 3.94. The van der Waals surface area contributed by atoms with Crippen LogP contribution in [0.3, 0.4) is 0 Å². The number of anilines is 1. The van der Waals surface area contributed by atoms with Gasteiger partial charge in [0.2, 0.25) is 5.91 Å². The molecule has 4 N–H and O–H groups in total. The predicted octanol–water partition coefficient (Wildman–Crippen LogP) is 2.31. The van der Waals surface area contributed by atoms with Crippen LogP contribution in [-0.2, 0) is 11.0 Å². The third kappa shape index (κ3) is 4.29. The zero-order chi connectivity index (χ0) is 20.3. The normalized spacial score (nSPS) is 12.6. The summed E-state index contributed by atoms with van der Waals surface area (Å²) in [6.07, 6.45) is -3.10. The Hall–Kier alpha value is -3.40. The van der Waals surface area contributed by atoms with Gasteiger partial charge in [-0.3, -0.25) is 9.59 Å². The standard InChI is InChI=1S/C18H15F3N4O3/c19-18(20,21)11-2-1-3-12(7-11)24-17(28)15(8-26)25-16(27)10-4-5-13-14(6-10)23-9-22-13/h1-7,9,15,26H,8H2,(H,22,23)(H,24,28)(H,25,27). The number of aliphatic hydroxyl groups excluding tert-OH is 1. The zero-order valence-electron chi connectivity index (χ0n) is 14.2. The van der Waals surface area contributed by atoms with Crippen LogP contribution in [0.1, 0.15) is 15.9 Å². The second kappa shape index (κ2) is 7.69. The number of carbonyl (C=O) groups is 2. The molecule has 0 spiro atoms. The maximum atomic E-state index is 12.8. The fourth-order valence-electron chi connectivity index (χ4n) is 2.52. The van der Waals surface area contributed by atoms with Crippen molar-refractivity contribution < 1.29 is 27.9 Å². The SMILES string of the molecule is O=C(NC(CO)C(=O)Nc1cccc(C(F)(F)F)c1)c1ccc2nc[nH]c2c1. The molecule has 7 nitrogen and oxygen atoms in total. The zero-order valence-corrected chi connectivity index (χ0v) is 14.2. The Morgan fingerprint density at radius 1 is 1.18 bits per heavy atom. The van der Waals surface area contributed by atoms with Gasteiger partial charge in [-0.15, -0.1) is 0 Å². The van der Waals surface area contributed by atoms with E-state index in [-0.39, 0.29) is 11.3 Å². The number of nitrogens with one attached hydrogen (secondary N) is 3. The topological polar surface area (TPSA) is 107 Å². The van der Waals surface area contributed by atoms with Gasteiger partial charge < -0.3 is 20.7 Å². The number of hydrogen-bond acceptors (Lipinski definition) is 4. The van der Waals surface area contributed by atoms with E-state index in [1.54, 1.807) is 6.07 Å². The van der Waals surface area contributed by atoms with Gasteiger partial charge in [0.1, 0.15) is 6.04 Å². The van der Waals surface area contributed by atoms with E-state index in [4.69, 9.17) is 0 Å². The summed E-state index contributed by atoms with van der Waals surface area (Å²) < 4.78 is 38.3. The number of benzene rings is 2. The predicted molar refractivity (Wildman–Crippen MR) is 94.5 cm³/mol. The highest BCUT2D eigenvalue weighted by Crippen LogP contribution is 2.30. The minimum atomic E-state index is -4.56. The molecule has 1 heterocycles. The van der Waals surface area contributed by atoms with Crippen molar-refractivity contribution >= 4 is 28.5 Å². The number of rotatable bonds is 5. The first-order valence-corrected chi connectivity index (χ1v) is 8.11. The number of aliphatic hydroxyl groups is 1. The lowest BCUT2D eigenvalue weighted by atomic mass is 10.1. The Morgan fingerprint density at radius 2 is 1.96 bits per heavy atom. The Kier molecular flexibility index (Phi) is 5.32. The second-order valence-corrected chi connectivity index (χ2v) is 5.91. The van der Waals surface area contributed by atoms with Gasteiger partial charge in [-0.05, 0) is 36.4 Å². The summed E-state index contributed by atoms with van der Waals surface area (Å²) in [7, 11) is 0. The molecule has 0 bridgehead atoms. The van der Waals surface area contributed by atoms with E-state index in [0.29, 0.717) is 11.0 Å². The van der Waals surface area contributed by atoms with Gasteiger partial charge in [-0.25, -0.2) is 4.98 Å². The van der Waals surface area contributed by atoms with E-state index in [2.05, 4.69) is 20.6 Å².